The number of pyridine rings is 1. The van der Waals surface area contributed by atoms with Gasteiger partial charge in [-0.05, 0) is 44.2 Å². The van der Waals surface area contributed by atoms with Crippen LogP contribution < -0.4 is 15.8 Å². The molecule has 1 fully saturated rings. The number of nitrogen functional groups attached to an aromatic ring is 1. The average Bonchev–Trinajstić information content (AvgIpc) is 2.40. The van der Waals surface area contributed by atoms with Gasteiger partial charge in [0.05, 0.1) is 18.4 Å². The number of aromatic nitrogens is 1. The standard InChI is InChI=1S/C14H23N3O2/c1-2-19-14-12(15)6-7-13(17-14)16-9-10-4-3-5-11(18)8-10/h6-7,10-11,18H,2-5,8-9,15H2,1H3,(H,16,17). The van der Waals surface area contributed by atoms with Crippen LogP contribution in [0, 0.1) is 5.92 Å². The van der Waals surface area contributed by atoms with E-state index in [1.54, 1.807) is 6.07 Å². The normalized spacial score (nSPS) is 23.1. The van der Waals surface area contributed by atoms with Crippen molar-refractivity contribution in [3.63, 3.8) is 0 Å². The summed E-state index contributed by atoms with van der Waals surface area (Å²) in [6.07, 6.45) is 3.94. The lowest BCUT2D eigenvalue weighted by atomic mass is 9.87. The number of nitrogens with zero attached hydrogens (tertiary/aromatic N) is 1. The van der Waals surface area contributed by atoms with Crippen molar-refractivity contribution in [2.75, 3.05) is 24.2 Å². The van der Waals surface area contributed by atoms with Gasteiger partial charge in [-0.1, -0.05) is 6.42 Å². The average molecular weight is 265 g/mol. The Balaban J connectivity index is 1.90. The van der Waals surface area contributed by atoms with E-state index in [0.29, 0.717) is 24.1 Å². The number of aliphatic hydroxyl groups is 1. The van der Waals surface area contributed by atoms with E-state index >= 15 is 0 Å². The first kappa shape index (κ1) is 13.9. The van der Waals surface area contributed by atoms with E-state index in [4.69, 9.17) is 10.5 Å². The summed E-state index contributed by atoms with van der Waals surface area (Å²) in [5, 5.41) is 13.0. The molecule has 0 saturated heterocycles. The SMILES string of the molecule is CCOc1nc(NCC2CCCC(O)C2)ccc1N. The Hall–Kier alpha value is -1.49. The van der Waals surface area contributed by atoms with E-state index in [9.17, 15) is 5.11 Å². The molecule has 1 saturated carbocycles. The lowest BCUT2D eigenvalue weighted by molar-refractivity contribution is 0.104. The summed E-state index contributed by atoms with van der Waals surface area (Å²) in [4.78, 5) is 4.34. The van der Waals surface area contributed by atoms with Crippen molar-refractivity contribution in [2.24, 2.45) is 5.92 Å². The van der Waals surface area contributed by atoms with Gasteiger partial charge in [0.15, 0.2) is 0 Å². The Morgan fingerprint density at radius 1 is 1.47 bits per heavy atom. The summed E-state index contributed by atoms with van der Waals surface area (Å²) in [6.45, 7) is 3.29. The molecule has 0 aromatic carbocycles. The predicted octanol–water partition coefficient (Wildman–Crippen LogP) is 2.03. The number of nitrogens with one attached hydrogen (secondary N) is 1. The largest absolute Gasteiger partial charge is 0.476 e. The third-order valence-electron chi connectivity index (χ3n) is 3.50. The maximum atomic E-state index is 9.65. The molecule has 19 heavy (non-hydrogen) atoms. The van der Waals surface area contributed by atoms with E-state index in [1.165, 1.54) is 0 Å². The van der Waals surface area contributed by atoms with Gasteiger partial charge in [0.2, 0.25) is 5.88 Å². The van der Waals surface area contributed by atoms with E-state index in [-0.39, 0.29) is 6.10 Å². The highest BCUT2D eigenvalue weighted by Crippen LogP contribution is 2.25. The number of nitrogens with two attached hydrogens (primary N) is 1. The third kappa shape index (κ3) is 3.99. The number of hydrogen-bond acceptors (Lipinski definition) is 5. The van der Waals surface area contributed by atoms with Gasteiger partial charge >= 0.3 is 0 Å². The fraction of sp³-hybridized carbons (Fsp3) is 0.643. The highest BCUT2D eigenvalue weighted by molar-refractivity contribution is 5.53. The van der Waals surface area contributed by atoms with E-state index in [1.807, 2.05) is 13.0 Å². The van der Waals surface area contributed by atoms with Crippen LogP contribution in [0.5, 0.6) is 5.88 Å². The zero-order valence-corrected chi connectivity index (χ0v) is 11.4. The second kappa shape index (κ2) is 6.61. The molecule has 2 rings (SSSR count). The van der Waals surface area contributed by atoms with Crippen LogP contribution in [0.15, 0.2) is 12.1 Å². The highest BCUT2D eigenvalue weighted by Gasteiger charge is 2.19. The molecule has 2 atom stereocenters. The number of ether oxygens (including phenoxy) is 1. The number of aliphatic hydroxyl groups excluding tert-OH is 1. The molecule has 0 spiro atoms. The molecule has 0 radical (unpaired) electrons. The van der Waals surface area contributed by atoms with Gasteiger partial charge in [-0.25, -0.2) is 0 Å². The lowest BCUT2D eigenvalue weighted by Crippen LogP contribution is -2.25. The van der Waals surface area contributed by atoms with E-state index in [2.05, 4.69) is 10.3 Å². The maximum absolute atomic E-state index is 9.65. The van der Waals surface area contributed by atoms with Gasteiger partial charge in [-0.3, -0.25) is 0 Å². The van der Waals surface area contributed by atoms with Gasteiger partial charge in [-0.2, -0.15) is 4.98 Å². The molecule has 1 aliphatic carbocycles. The first-order valence-corrected chi connectivity index (χ1v) is 7.00. The smallest absolute Gasteiger partial charge is 0.239 e. The zero-order valence-electron chi connectivity index (χ0n) is 11.4. The van der Waals surface area contributed by atoms with Crippen molar-refractivity contribution in [2.45, 2.75) is 38.7 Å². The lowest BCUT2D eigenvalue weighted by Gasteiger charge is -2.26. The summed E-state index contributed by atoms with van der Waals surface area (Å²) in [5.41, 5.74) is 6.34. The van der Waals surface area contributed by atoms with E-state index in [0.717, 1.165) is 38.0 Å². The first-order chi connectivity index (χ1) is 9.19. The van der Waals surface area contributed by atoms with Crippen LogP contribution in [-0.2, 0) is 0 Å². The summed E-state index contributed by atoms with van der Waals surface area (Å²) in [6, 6.07) is 3.66. The Bertz CT molecular complexity index is 412. The predicted molar refractivity (Wildman–Crippen MR) is 76.3 cm³/mol. The second-order valence-electron chi connectivity index (χ2n) is 5.09. The summed E-state index contributed by atoms with van der Waals surface area (Å²) in [7, 11) is 0. The summed E-state index contributed by atoms with van der Waals surface area (Å²) in [5.74, 6) is 1.77. The van der Waals surface area contributed by atoms with Crippen molar-refractivity contribution in [1.29, 1.82) is 0 Å². The van der Waals surface area contributed by atoms with Gasteiger partial charge in [-0.15, -0.1) is 0 Å². The zero-order chi connectivity index (χ0) is 13.7. The minimum atomic E-state index is -0.140. The minimum Gasteiger partial charge on any atom is -0.476 e. The molecule has 1 aliphatic rings. The summed E-state index contributed by atoms with van der Waals surface area (Å²) < 4.78 is 5.37. The number of hydrogen-bond donors (Lipinski definition) is 3. The van der Waals surface area contributed by atoms with Gasteiger partial charge < -0.3 is 20.9 Å². The Morgan fingerprint density at radius 3 is 3.05 bits per heavy atom. The van der Waals surface area contributed by atoms with E-state index < -0.39 is 0 Å². The molecule has 5 nitrogen and oxygen atoms in total. The van der Waals surface area contributed by atoms with Gasteiger partial charge in [0.1, 0.15) is 5.82 Å². The number of rotatable bonds is 5. The fourth-order valence-corrected chi connectivity index (χ4v) is 2.50. The van der Waals surface area contributed by atoms with Crippen LogP contribution >= 0.6 is 0 Å². The van der Waals surface area contributed by atoms with Crippen molar-refractivity contribution in [1.82, 2.24) is 4.98 Å². The Kier molecular flexibility index (Phi) is 4.85. The van der Waals surface area contributed by atoms with Crippen LogP contribution in [0.2, 0.25) is 0 Å². The third-order valence-corrected chi connectivity index (χ3v) is 3.50. The van der Waals surface area contributed by atoms with Crippen molar-refractivity contribution >= 4 is 11.5 Å². The fourth-order valence-electron chi connectivity index (χ4n) is 2.50. The molecular weight excluding hydrogens is 242 g/mol. The molecule has 1 aromatic rings. The molecule has 0 bridgehead atoms. The van der Waals surface area contributed by atoms with Crippen LogP contribution in [-0.4, -0.2) is 29.3 Å². The van der Waals surface area contributed by atoms with Crippen molar-refractivity contribution < 1.29 is 9.84 Å². The molecule has 1 aromatic heterocycles. The second-order valence-corrected chi connectivity index (χ2v) is 5.09. The topological polar surface area (TPSA) is 80.4 Å². The van der Waals surface area contributed by atoms with Crippen molar-refractivity contribution in [3.05, 3.63) is 12.1 Å². The molecule has 1 heterocycles. The van der Waals surface area contributed by atoms with Crippen LogP contribution in [0.1, 0.15) is 32.6 Å². The first-order valence-electron chi connectivity index (χ1n) is 7.00. The van der Waals surface area contributed by atoms with Crippen LogP contribution in [0.4, 0.5) is 11.5 Å². The molecule has 4 N–H and O–H groups in total. The highest BCUT2D eigenvalue weighted by atomic mass is 16.5. The molecular formula is C14H23N3O2. The summed E-state index contributed by atoms with van der Waals surface area (Å²) >= 11 is 0. The number of anilines is 2. The molecule has 0 aliphatic heterocycles. The Labute approximate surface area is 114 Å². The molecule has 5 heteroatoms. The minimum absolute atomic E-state index is 0.140. The molecule has 2 unspecified atom stereocenters. The molecule has 0 amide bonds. The molecule has 106 valence electrons. The van der Waals surface area contributed by atoms with Gasteiger partial charge in [0, 0.05) is 6.54 Å². The van der Waals surface area contributed by atoms with Crippen LogP contribution in [0.3, 0.4) is 0 Å². The van der Waals surface area contributed by atoms with Gasteiger partial charge in [0.25, 0.3) is 0 Å². The van der Waals surface area contributed by atoms with Crippen molar-refractivity contribution in [3.8, 4) is 5.88 Å². The van der Waals surface area contributed by atoms with Crippen LogP contribution in [0.25, 0.3) is 0 Å². The Morgan fingerprint density at radius 2 is 2.32 bits per heavy atom. The maximum Gasteiger partial charge on any atom is 0.239 e. The quantitative estimate of drug-likeness (QED) is 0.759. The monoisotopic (exact) mass is 265 g/mol.